The monoisotopic (exact) mass is 280 g/mol. The zero-order chi connectivity index (χ0) is 9.19. The first-order valence-corrected chi connectivity index (χ1v) is 5.09. The summed E-state index contributed by atoms with van der Waals surface area (Å²) in [7, 11) is 0. The smallest absolute Gasteiger partial charge is 0.232 e. The Morgan fingerprint density at radius 2 is 2.17 bits per heavy atom. The lowest BCUT2D eigenvalue weighted by Crippen LogP contribution is -2.13. The molecule has 0 saturated carbocycles. The van der Waals surface area contributed by atoms with Gasteiger partial charge in [0.15, 0.2) is 0 Å². The molecule has 1 aromatic rings. The first kappa shape index (κ1) is 9.95. The van der Waals surface area contributed by atoms with Crippen LogP contribution in [0.3, 0.4) is 0 Å². The Hall–Kier alpha value is -0.130. The third kappa shape index (κ3) is 2.73. The van der Waals surface area contributed by atoms with Gasteiger partial charge in [0.1, 0.15) is 0 Å². The summed E-state index contributed by atoms with van der Waals surface area (Å²) < 4.78 is 5.72. The van der Waals surface area contributed by atoms with E-state index in [2.05, 4.69) is 30.9 Å². The fourth-order valence-corrected chi connectivity index (χ4v) is 1.21. The molecule has 1 rings (SSSR count). The number of rotatable bonds is 3. The molecule has 0 bridgehead atoms. The van der Waals surface area contributed by atoms with Gasteiger partial charge in [0.25, 0.3) is 0 Å². The third-order valence-corrected chi connectivity index (χ3v) is 2.47. The maximum absolute atomic E-state index is 5.03. The number of hydrogen-bond acceptors (Lipinski definition) is 3. The number of aromatic nitrogens is 2. The van der Waals surface area contributed by atoms with Crippen LogP contribution in [0.2, 0.25) is 0 Å². The zero-order valence-electron chi connectivity index (χ0n) is 7.59. The summed E-state index contributed by atoms with van der Waals surface area (Å²) in [5.74, 6) is 0.742. The van der Waals surface area contributed by atoms with Gasteiger partial charge in [-0.15, -0.1) is 0 Å². The van der Waals surface area contributed by atoms with E-state index in [0.717, 1.165) is 18.7 Å². The van der Waals surface area contributed by atoms with Crippen molar-refractivity contribution in [2.45, 2.75) is 33.6 Å². The Morgan fingerprint density at radius 3 is 2.58 bits per heavy atom. The van der Waals surface area contributed by atoms with Crippen LogP contribution < -0.4 is 0 Å². The van der Waals surface area contributed by atoms with Crippen molar-refractivity contribution in [2.75, 3.05) is 0 Å². The van der Waals surface area contributed by atoms with Gasteiger partial charge in [-0.3, -0.25) is 0 Å². The van der Waals surface area contributed by atoms with Crippen molar-refractivity contribution in [3.05, 3.63) is 9.72 Å². The van der Waals surface area contributed by atoms with Crippen LogP contribution in [-0.4, -0.2) is 10.1 Å². The van der Waals surface area contributed by atoms with Crippen molar-refractivity contribution in [3.63, 3.8) is 0 Å². The van der Waals surface area contributed by atoms with E-state index in [1.807, 2.05) is 22.6 Å². The molecule has 0 aliphatic heterocycles. The summed E-state index contributed by atoms with van der Waals surface area (Å²) in [6.07, 6.45) is 1.98. The molecule has 1 aromatic heterocycles. The van der Waals surface area contributed by atoms with E-state index in [4.69, 9.17) is 4.52 Å². The Kier molecular flexibility index (Phi) is 3.09. The van der Waals surface area contributed by atoms with Crippen LogP contribution in [0.4, 0.5) is 0 Å². The van der Waals surface area contributed by atoms with Gasteiger partial charge in [0.2, 0.25) is 9.72 Å². The summed E-state index contributed by atoms with van der Waals surface area (Å²) >= 11 is 2.05. The largest absolute Gasteiger partial charge is 0.339 e. The van der Waals surface area contributed by atoms with Crippen LogP contribution in [0, 0.1) is 9.25 Å². The highest BCUT2D eigenvalue weighted by atomic mass is 127. The second kappa shape index (κ2) is 3.72. The molecule has 0 saturated heterocycles. The van der Waals surface area contributed by atoms with Crippen molar-refractivity contribution in [3.8, 4) is 0 Å². The Morgan fingerprint density at radius 1 is 1.50 bits per heavy atom. The van der Waals surface area contributed by atoms with Gasteiger partial charge >= 0.3 is 0 Å². The lowest BCUT2D eigenvalue weighted by atomic mass is 9.87. The molecule has 4 heteroatoms. The van der Waals surface area contributed by atoms with Crippen molar-refractivity contribution in [1.29, 1.82) is 0 Å². The highest BCUT2D eigenvalue weighted by molar-refractivity contribution is 14.1. The minimum atomic E-state index is 0.260. The molecule has 0 unspecified atom stereocenters. The van der Waals surface area contributed by atoms with E-state index in [1.165, 1.54) is 0 Å². The molecular formula is C8H13IN2O. The number of hydrogen-bond donors (Lipinski definition) is 0. The van der Waals surface area contributed by atoms with E-state index in [1.54, 1.807) is 0 Å². The molecule has 0 atom stereocenters. The van der Waals surface area contributed by atoms with Gasteiger partial charge in [-0.25, -0.2) is 0 Å². The summed E-state index contributed by atoms with van der Waals surface area (Å²) in [4.78, 5) is 4.15. The van der Waals surface area contributed by atoms with Crippen LogP contribution in [0.25, 0.3) is 0 Å². The van der Waals surface area contributed by atoms with E-state index >= 15 is 0 Å². The van der Waals surface area contributed by atoms with Gasteiger partial charge in [0, 0.05) is 29.0 Å². The molecule has 0 aliphatic carbocycles. The predicted octanol–water partition coefficient (Wildman–Crippen LogP) is 2.65. The van der Waals surface area contributed by atoms with Crippen LogP contribution in [0.1, 0.15) is 33.1 Å². The van der Waals surface area contributed by atoms with E-state index in [9.17, 15) is 0 Å². The van der Waals surface area contributed by atoms with Gasteiger partial charge in [-0.1, -0.05) is 32.3 Å². The molecule has 0 radical (unpaired) electrons. The summed E-state index contributed by atoms with van der Waals surface area (Å²) in [5, 5.41) is 3.74. The lowest BCUT2D eigenvalue weighted by molar-refractivity contribution is 0.285. The Labute approximate surface area is 86.1 Å². The first-order valence-electron chi connectivity index (χ1n) is 4.01. The number of nitrogens with zero attached hydrogens (tertiary/aromatic N) is 2. The minimum Gasteiger partial charge on any atom is -0.339 e. The van der Waals surface area contributed by atoms with Gasteiger partial charge in [-0.05, 0) is 5.41 Å². The molecule has 0 aromatic carbocycles. The maximum Gasteiger partial charge on any atom is 0.232 e. The van der Waals surface area contributed by atoms with E-state index in [0.29, 0.717) is 3.83 Å². The van der Waals surface area contributed by atoms with Gasteiger partial charge < -0.3 is 4.52 Å². The Bertz CT molecular complexity index is 257. The molecule has 0 N–H and O–H groups in total. The molecule has 12 heavy (non-hydrogen) atoms. The number of halogens is 1. The fourth-order valence-electron chi connectivity index (χ4n) is 0.840. The summed E-state index contributed by atoms with van der Waals surface area (Å²) in [6, 6.07) is 0. The van der Waals surface area contributed by atoms with Crippen LogP contribution in [0.5, 0.6) is 0 Å². The average Bonchev–Trinajstić information content (AvgIpc) is 2.35. The molecule has 0 spiro atoms. The molecule has 0 fully saturated rings. The van der Waals surface area contributed by atoms with E-state index in [-0.39, 0.29) is 5.41 Å². The molecular weight excluding hydrogens is 267 g/mol. The quantitative estimate of drug-likeness (QED) is 0.799. The van der Waals surface area contributed by atoms with Gasteiger partial charge in [-0.2, -0.15) is 4.98 Å². The average molecular weight is 280 g/mol. The molecule has 1 heterocycles. The molecule has 3 nitrogen and oxygen atoms in total. The van der Waals surface area contributed by atoms with Crippen LogP contribution in [0.15, 0.2) is 4.52 Å². The molecule has 0 amide bonds. The minimum absolute atomic E-state index is 0.260. The van der Waals surface area contributed by atoms with Crippen LogP contribution in [-0.2, 0) is 6.42 Å². The van der Waals surface area contributed by atoms with Crippen molar-refractivity contribution >= 4 is 22.6 Å². The fraction of sp³-hybridized carbons (Fsp3) is 0.750. The second-order valence-corrected chi connectivity index (χ2v) is 4.62. The topological polar surface area (TPSA) is 38.9 Å². The van der Waals surface area contributed by atoms with E-state index < -0.39 is 0 Å². The van der Waals surface area contributed by atoms with Crippen molar-refractivity contribution in [1.82, 2.24) is 10.1 Å². The maximum atomic E-state index is 5.03. The third-order valence-electron chi connectivity index (χ3n) is 2.03. The van der Waals surface area contributed by atoms with Crippen LogP contribution >= 0.6 is 22.6 Å². The first-order chi connectivity index (χ1) is 5.53. The predicted molar refractivity (Wildman–Crippen MR) is 54.8 cm³/mol. The summed E-state index contributed by atoms with van der Waals surface area (Å²) in [5.41, 5.74) is 0.260. The zero-order valence-corrected chi connectivity index (χ0v) is 9.75. The molecule has 68 valence electrons. The molecule has 0 aliphatic rings. The van der Waals surface area contributed by atoms with Gasteiger partial charge in [0.05, 0.1) is 0 Å². The summed E-state index contributed by atoms with van der Waals surface area (Å²) in [6.45, 7) is 6.56. The SMILES string of the molecule is CCC(C)(C)Cc1nc(I)no1. The highest BCUT2D eigenvalue weighted by Gasteiger charge is 2.19. The lowest BCUT2D eigenvalue weighted by Gasteiger charge is -2.19. The van der Waals surface area contributed by atoms with Crippen molar-refractivity contribution in [2.24, 2.45) is 5.41 Å². The normalized spacial score (nSPS) is 12.0. The highest BCUT2D eigenvalue weighted by Crippen LogP contribution is 2.24. The van der Waals surface area contributed by atoms with Crippen molar-refractivity contribution < 1.29 is 4.52 Å². The second-order valence-electron chi connectivity index (χ2n) is 3.65. The standard InChI is InChI=1S/C8H13IN2O/c1-4-8(2,3)5-6-10-7(9)11-12-6/h4-5H2,1-3H3. The Balaban J connectivity index is 2.63.